The summed E-state index contributed by atoms with van der Waals surface area (Å²) in [7, 11) is 0. The molecule has 0 aliphatic carbocycles. The van der Waals surface area contributed by atoms with Gasteiger partial charge < -0.3 is 14.6 Å². The van der Waals surface area contributed by atoms with E-state index >= 15 is 0 Å². The maximum absolute atomic E-state index is 10.7. The van der Waals surface area contributed by atoms with Crippen molar-refractivity contribution in [2.24, 2.45) is 0 Å². The Morgan fingerprint density at radius 2 is 1.94 bits per heavy atom. The minimum absolute atomic E-state index is 0.0529. The highest BCUT2D eigenvalue weighted by atomic mass is 16.5. The number of carbonyl (C=O) groups excluding carboxylic acids is 2. The standard InChI is InChI=1S/C11H12O5/c1-7(12)15-6-9-3-4-10(14)11(5-9)16-8(2)13/h3-5,14H,6H2,1-2H3. The quantitative estimate of drug-likeness (QED) is 0.620. The van der Waals surface area contributed by atoms with E-state index in [1.54, 1.807) is 6.07 Å². The van der Waals surface area contributed by atoms with E-state index in [0.717, 1.165) is 0 Å². The number of hydrogen-bond donors (Lipinski definition) is 1. The molecule has 16 heavy (non-hydrogen) atoms. The van der Waals surface area contributed by atoms with Crippen molar-refractivity contribution in [3.63, 3.8) is 0 Å². The summed E-state index contributed by atoms with van der Waals surface area (Å²) in [5, 5.41) is 9.38. The number of aromatic hydroxyl groups is 1. The summed E-state index contributed by atoms with van der Waals surface area (Å²) in [4.78, 5) is 21.3. The van der Waals surface area contributed by atoms with Crippen molar-refractivity contribution in [2.45, 2.75) is 20.5 Å². The fourth-order valence-corrected chi connectivity index (χ4v) is 1.07. The van der Waals surface area contributed by atoms with Gasteiger partial charge in [0.25, 0.3) is 0 Å². The van der Waals surface area contributed by atoms with Gasteiger partial charge >= 0.3 is 11.9 Å². The molecule has 0 bridgehead atoms. The molecule has 1 rings (SSSR count). The first kappa shape index (κ1) is 12.0. The van der Waals surface area contributed by atoms with E-state index < -0.39 is 11.9 Å². The van der Waals surface area contributed by atoms with Gasteiger partial charge in [0.15, 0.2) is 11.5 Å². The number of phenolic OH excluding ortho intramolecular Hbond substituents is 1. The first-order valence-corrected chi connectivity index (χ1v) is 4.62. The van der Waals surface area contributed by atoms with Crippen LogP contribution in [-0.4, -0.2) is 17.0 Å². The summed E-state index contributed by atoms with van der Waals surface area (Å²) >= 11 is 0. The minimum Gasteiger partial charge on any atom is -0.504 e. The molecule has 0 fully saturated rings. The van der Waals surface area contributed by atoms with Gasteiger partial charge in [-0.3, -0.25) is 9.59 Å². The molecular formula is C11H12O5. The zero-order chi connectivity index (χ0) is 12.1. The molecule has 0 atom stereocenters. The average Bonchev–Trinajstić information content (AvgIpc) is 2.18. The second-order valence-electron chi connectivity index (χ2n) is 3.18. The SMILES string of the molecule is CC(=O)OCc1ccc(O)c(OC(C)=O)c1. The average molecular weight is 224 g/mol. The van der Waals surface area contributed by atoms with E-state index in [9.17, 15) is 14.7 Å². The van der Waals surface area contributed by atoms with Crippen molar-refractivity contribution in [3.8, 4) is 11.5 Å². The summed E-state index contributed by atoms with van der Waals surface area (Å²) in [6.07, 6.45) is 0. The number of rotatable bonds is 3. The molecule has 0 saturated heterocycles. The van der Waals surface area contributed by atoms with Gasteiger partial charge in [-0.05, 0) is 17.7 Å². The molecule has 86 valence electrons. The van der Waals surface area contributed by atoms with Crippen LogP contribution in [0, 0.1) is 0 Å². The fraction of sp³-hybridized carbons (Fsp3) is 0.273. The molecule has 5 heteroatoms. The highest BCUT2D eigenvalue weighted by Crippen LogP contribution is 2.27. The summed E-state index contributed by atoms with van der Waals surface area (Å²) in [5.41, 5.74) is 0.629. The van der Waals surface area contributed by atoms with Crippen LogP contribution in [0.4, 0.5) is 0 Å². The number of phenols is 1. The number of esters is 2. The lowest BCUT2D eigenvalue weighted by atomic mass is 10.2. The monoisotopic (exact) mass is 224 g/mol. The third-order valence-corrected chi connectivity index (χ3v) is 1.72. The third-order valence-electron chi connectivity index (χ3n) is 1.72. The molecule has 0 saturated carbocycles. The molecule has 1 aromatic rings. The molecule has 0 aliphatic heterocycles. The zero-order valence-electron chi connectivity index (χ0n) is 9.02. The van der Waals surface area contributed by atoms with E-state index in [1.165, 1.54) is 26.0 Å². The third kappa shape index (κ3) is 3.61. The highest BCUT2D eigenvalue weighted by Gasteiger charge is 2.07. The number of hydrogen-bond acceptors (Lipinski definition) is 5. The largest absolute Gasteiger partial charge is 0.504 e. The van der Waals surface area contributed by atoms with Crippen LogP contribution in [0.2, 0.25) is 0 Å². The topological polar surface area (TPSA) is 72.8 Å². The van der Waals surface area contributed by atoms with Gasteiger partial charge in [-0.15, -0.1) is 0 Å². The molecular weight excluding hydrogens is 212 g/mol. The van der Waals surface area contributed by atoms with Gasteiger partial charge in [-0.25, -0.2) is 0 Å². The Labute approximate surface area is 92.6 Å². The second-order valence-corrected chi connectivity index (χ2v) is 3.18. The van der Waals surface area contributed by atoms with Crippen LogP contribution in [0.1, 0.15) is 19.4 Å². The summed E-state index contributed by atoms with van der Waals surface area (Å²) in [6, 6.07) is 4.39. The lowest BCUT2D eigenvalue weighted by Gasteiger charge is -2.07. The van der Waals surface area contributed by atoms with Gasteiger partial charge in [-0.2, -0.15) is 0 Å². The van der Waals surface area contributed by atoms with Crippen molar-refractivity contribution in [1.29, 1.82) is 0 Å². The van der Waals surface area contributed by atoms with Crippen molar-refractivity contribution in [3.05, 3.63) is 23.8 Å². The zero-order valence-corrected chi connectivity index (χ0v) is 9.02. The van der Waals surface area contributed by atoms with E-state index in [0.29, 0.717) is 5.56 Å². The Hall–Kier alpha value is -2.04. The van der Waals surface area contributed by atoms with Gasteiger partial charge in [0, 0.05) is 13.8 Å². The van der Waals surface area contributed by atoms with E-state index in [4.69, 9.17) is 9.47 Å². The summed E-state index contributed by atoms with van der Waals surface area (Å²) in [5.74, 6) is -1.01. The van der Waals surface area contributed by atoms with E-state index in [1.807, 2.05) is 0 Å². The van der Waals surface area contributed by atoms with Crippen LogP contribution in [0.5, 0.6) is 11.5 Å². The lowest BCUT2D eigenvalue weighted by molar-refractivity contribution is -0.142. The van der Waals surface area contributed by atoms with Crippen LogP contribution in [0.15, 0.2) is 18.2 Å². The predicted octanol–water partition coefficient (Wildman–Crippen LogP) is 1.38. The maximum Gasteiger partial charge on any atom is 0.308 e. The molecule has 1 N–H and O–H groups in total. The molecule has 0 spiro atoms. The van der Waals surface area contributed by atoms with Crippen molar-refractivity contribution in [1.82, 2.24) is 0 Å². The first-order valence-electron chi connectivity index (χ1n) is 4.62. The first-order chi connectivity index (χ1) is 7.49. The Morgan fingerprint density at radius 1 is 1.25 bits per heavy atom. The van der Waals surface area contributed by atoms with Crippen LogP contribution < -0.4 is 4.74 Å². The van der Waals surface area contributed by atoms with Crippen LogP contribution in [0.3, 0.4) is 0 Å². The van der Waals surface area contributed by atoms with Crippen molar-refractivity contribution < 1.29 is 24.2 Å². The van der Waals surface area contributed by atoms with Gasteiger partial charge in [0.2, 0.25) is 0 Å². The van der Waals surface area contributed by atoms with Crippen LogP contribution in [-0.2, 0) is 20.9 Å². The Balaban J connectivity index is 2.80. The van der Waals surface area contributed by atoms with E-state index in [-0.39, 0.29) is 18.1 Å². The summed E-state index contributed by atoms with van der Waals surface area (Å²) in [6.45, 7) is 2.61. The molecule has 0 amide bonds. The minimum atomic E-state index is -0.528. The summed E-state index contributed by atoms with van der Waals surface area (Å²) < 4.78 is 9.53. The molecule has 1 aromatic carbocycles. The normalized spacial score (nSPS) is 9.62. The van der Waals surface area contributed by atoms with Crippen molar-refractivity contribution >= 4 is 11.9 Å². The Morgan fingerprint density at radius 3 is 2.50 bits per heavy atom. The highest BCUT2D eigenvalue weighted by molar-refractivity contribution is 5.70. The van der Waals surface area contributed by atoms with Crippen molar-refractivity contribution in [2.75, 3.05) is 0 Å². The van der Waals surface area contributed by atoms with Gasteiger partial charge in [-0.1, -0.05) is 6.07 Å². The van der Waals surface area contributed by atoms with Crippen LogP contribution >= 0.6 is 0 Å². The fourth-order valence-electron chi connectivity index (χ4n) is 1.07. The Kier molecular flexibility index (Phi) is 3.88. The molecule has 0 unspecified atom stereocenters. The number of ether oxygens (including phenoxy) is 2. The van der Waals surface area contributed by atoms with Gasteiger partial charge in [0.05, 0.1) is 0 Å². The molecule has 0 radical (unpaired) electrons. The van der Waals surface area contributed by atoms with Crippen LogP contribution in [0.25, 0.3) is 0 Å². The Bertz CT molecular complexity index is 411. The molecule has 0 aromatic heterocycles. The van der Waals surface area contributed by atoms with Gasteiger partial charge in [0.1, 0.15) is 6.61 Å². The number of carbonyl (C=O) groups is 2. The number of benzene rings is 1. The smallest absolute Gasteiger partial charge is 0.308 e. The molecule has 0 heterocycles. The lowest BCUT2D eigenvalue weighted by Crippen LogP contribution is -2.03. The van der Waals surface area contributed by atoms with E-state index in [2.05, 4.69) is 0 Å². The predicted molar refractivity (Wildman–Crippen MR) is 54.9 cm³/mol. The molecule has 0 aliphatic rings. The maximum atomic E-state index is 10.7. The molecule has 5 nitrogen and oxygen atoms in total. The second kappa shape index (κ2) is 5.16.